The average molecular weight is 220 g/mol. The van der Waals surface area contributed by atoms with Crippen molar-refractivity contribution >= 4 is 0 Å². The van der Waals surface area contributed by atoms with Crippen molar-refractivity contribution in [3.8, 4) is 0 Å². The number of rotatable bonds is 3. The van der Waals surface area contributed by atoms with E-state index < -0.39 is 0 Å². The molecule has 0 aromatic carbocycles. The maximum atomic E-state index is 5.67. The molecule has 16 heavy (non-hydrogen) atoms. The fraction of sp³-hybridized carbons (Fsp3) is 0.667. The van der Waals surface area contributed by atoms with Gasteiger partial charge in [-0.3, -0.25) is 0 Å². The first-order valence-corrected chi connectivity index (χ1v) is 5.91. The van der Waals surface area contributed by atoms with Gasteiger partial charge in [0.25, 0.3) is 0 Å². The Kier molecular flexibility index (Phi) is 3.51. The SMILES string of the molecule is CC(CN)Cc1ncnc2c1CN(C)CC2. The molecule has 88 valence electrons. The third kappa shape index (κ3) is 2.39. The molecule has 1 aromatic rings. The molecule has 0 amide bonds. The van der Waals surface area contributed by atoms with Crippen LogP contribution in [-0.4, -0.2) is 35.0 Å². The van der Waals surface area contributed by atoms with Crippen LogP contribution in [0.4, 0.5) is 0 Å². The summed E-state index contributed by atoms with van der Waals surface area (Å²) in [6, 6.07) is 0. The second-order valence-corrected chi connectivity index (χ2v) is 4.78. The van der Waals surface area contributed by atoms with Gasteiger partial charge in [0.15, 0.2) is 0 Å². The highest BCUT2D eigenvalue weighted by molar-refractivity contribution is 5.27. The summed E-state index contributed by atoms with van der Waals surface area (Å²) in [7, 11) is 2.14. The van der Waals surface area contributed by atoms with Crippen LogP contribution in [0, 0.1) is 5.92 Å². The summed E-state index contributed by atoms with van der Waals surface area (Å²) in [6.45, 7) is 4.95. The molecule has 0 saturated heterocycles. The molecule has 1 aromatic heterocycles. The normalized spacial score (nSPS) is 18.2. The molecule has 1 atom stereocenters. The Morgan fingerprint density at radius 1 is 1.50 bits per heavy atom. The van der Waals surface area contributed by atoms with Gasteiger partial charge in [0.2, 0.25) is 0 Å². The molecular formula is C12H20N4. The second kappa shape index (κ2) is 4.89. The first kappa shape index (κ1) is 11.5. The molecule has 4 nitrogen and oxygen atoms in total. The summed E-state index contributed by atoms with van der Waals surface area (Å²) in [6.07, 6.45) is 3.70. The van der Waals surface area contributed by atoms with Gasteiger partial charge < -0.3 is 10.6 Å². The van der Waals surface area contributed by atoms with Crippen molar-refractivity contribution in [2.75, 3.05) is 20.1 Å². The number of hydrogen-bond acceptors (Lipinski definition) is 4. The van der Waals surface area contributed by atoms with Crippen LogP contribution in [0.2, 0.25) is 0 Å². The maximum Gasteiger partial charge on any atom is 0.115 e. The van der Waals surface area contributed by atoms with Gasteiger partial charge >= 0.3 is 0 Å². The Balaban J connectivity index is 2.25. The van der Waals surface area contributed by atoms with Crippen molar-refractivity contribution in [3.05, 3.63) is 23.3 Å². The number of aromatic nitrogens is 2. The zero-order chi connectivity index (χ0) is 11.5. The topological polar surface area (TPSA) is 55.0 Å². The van der Waals surface area contributed by atoms with Gasteiger partial charge in [-0.1, -0.05) is 6.92 Å². The molecule has 4 heteroatoms. The van der Waals surface area contributed by atoms with Crippen LogP contribution in [0.25, 0.3) is 0 Å². The van der Waals surface area contributed by atoms with Gasteiger partial charge in [-0.2, -0.15) is 0 Å². The lowest BCUT2D eigenvalue weighted by Crippen LogP contribution is -2.29. The zero-order valence-corrected chi connectivity index (χ0v) is 10.1. The van der Waals surface area contributed by atoms with Crippen molar-refractivity contribution in [1.82, 2.24) is 14.9 Å². The lowest BCUT2D eigenvalue weighted by Gasteiger charge is -2.26. The highest BCUT2D eigenvalue weighted by Gasteiger charge is 2.19. The molecule has 0 saturated carbocycles. The van der Waals surface area contributed by atoms with Crippen molar-refractivity contribution in [1.29, 1.82) is 0 Å². The first-order valence-electron chi connectivity index (χ1n) is 5.91. The van der Waals surface area contributed by atoms with E-state index in [1.54, 1.807) is 6.33 Å². The fourth-order valence-corrected chi connectivity index (χ4v) is 2.12. The van der Waals surface area contributed by atoms with Crippen LogP contribution in [0.1, 0.15) is 23.9 Å². The van der Waals surface area contributed by atoms with E-state index in [0.29, 0.717) is 12.5 Å². The van der Waals surface area contributed by atoms with E-state index in [1.165, 1.54) is 17.0 Å². The van der Waals surface area contributed by atoms with Crippen LogP contribution in [-0.2, 0) is 19.4 Å². The first-order chi connectivity index (χ1) is 7.70. The Morgan fingerprint density at radius 2 is 2.31 bits per heavy atom. The summed E-state index contributed by atoms with van der Waals surface area (Å²) >= 11 is 0. The quantitative estimate of drug-likeness (QED) is 0.810. The van der Waals surface area contributed by atoms with Crippen molar-refractivity contribution < 1.29 is 0 Å². The van der Waals surface area contributed by atoms with Crippen LogP contribution in [0.5, 0.6) is 0 Å². The molecule has 2 N–H and O–H groups in total. The summed E-state index contributed by atoms with van der Waals surface area (Å²) in [5.74, 6) is 0.492. The number of nitrogens with zero attached hydrogens (tertiary/aromatic N) is 3. The van der Waals surface area contributed by atoms with E-state index in [9.17, 15) is 0 Å². The largest absolute Gasteiger partial charge is 0.330 e. The molecule has 0 aliphatic carbocycles. The summed E-state index contributed by atoms with van der Waals surface area (Å²) in [5.41, 5.74) is 9.42. The number of nitrogens with two attached hydrogens (primary N) is 1. The minimum Gasteiger partial charge on any atom is -0.330 e. The van der Waals surface area contributed by atoms with E-state index >= 15 is 0 Å². The molecule has 0 spiro atoms. The summed E-state index contributed by atoms with van der Waals surface area (Å²) in [5, 5.41) is 0. The van der Waals surface area contributed by atoms with E-state index in [0.717, 1.165) is 25.9 Å². The Labute approximate surface area is 96.9 Å². The summed E-state index contributed by atoms with van der Waals surface area (Å²) in [4.78, 5) is 11.1. The maximum absolute atomic E-state index is 5.67. The minimum absolute atomic E-state index is 0.492. The number of hydrogen-bond donors (Lipinski definition) is 1. The monoisotopic (exact) mass is 220 g/mol. The Hall–Kier alpha value is -1.00. The van der Waals surface area contributed by atoms with Crippen molar-refractivity contribution in [2.45, 2.75) is 26.3 Å². The zero-order valence-electron chi connectivity index (χ0n) is 10.1. The predicted molar refractivity (Wildman–Crippen MR) is 64.0 cm³/mol. The van der Waals surface area contributed by atoms with Gasteiger partial charge in [0, 0.05) is 36.5 Å². The predicted octanol–water partition coefficient (Wildman–Crippen LogP) is 0.602. The summed E-state index contributed by atoms with van der Waals surface area (Å²) < 4.78 is 0. The molecule has 0 bridgehead atoms. The molecule has 2 heterocycles. The molecule has 0 radical (unpaired) electrons. The minimum atomic E-state index is 0.492. The van der Waals surface area contributed by atoms with Crippen molar-refractivity contribution in [3.63, 3.8) is 0 Å². The molecule has 1 aliphatic rings. The lowest BCUT2D eigenvalue weighted by atomic mass is 9.98. The smallest absolute Gasteiger partial charge is 0.115 e. The third-order valence-electron chi connectivity index (χ3n) is 3.23. The highest BCUT2D eigenvalue weighted by Crippen LogP contribution is 2.20. The molecule has 2 rings (SSSR count). The Morgan fingerprint density at radius 3 is 3.06 bits per heavy atom. The third-order valence-corrected chi connectivity index (χ3v) is 3.23. The molecule has 1 unspecified atom stereocenters. The van der Waals surface area contributed by atoms with Gasteiger partial charge in [0.1, 0.15) is 6.33 Å². The van der Waals surface area contributed by atoms with Crippen LogP contribution in [0.3, 0.4) is 0 Å². The molecule has 0 fully saturated rings. The second-order valence-electron chi connectivity index (χ2n) is 4.78. The van der Waals surface area contributed by atoms with Gasteiger partial charge in [-0.05, 0) is 25.9 Å². The van der Waals surface area contributed by atoms with Crippen LogP contribution in [0.15, 0.2) is 6.33 Å². The lowest BCUT2D eigenvalue weighted by molar-refractivity contribution is 0.306. The Bertz CT molecular complexity index is 364. The van der Waals surface area contributed by atoms with Gasteiger partial charge in [-0.15, -0.1) is 0 Å². The van der Waals surface area contributed by atoms with E-state index in [1.807, 2.05) is 0 Å². The number of likely N-dealkylation sites (N-methyl/N-ethyl adjacent to an activating group) is 1. The average Bonchev–Trinajstić information content (AvgIpc) is 2.29. The van der Waals surface area contributed by atoms with E-state index in [4.69, 9.17) is 5.73 Å². The van der Waals surface area contributed by atoms with E-state index in [-0.39, 0.29) is 0 Å². The molecular weight excluding hydrogens is 200 g/mol. The fourth-order valence-electron chi connectivity index (χ4n) is 2.12. The van der Waals surface area contributed by atoms with Crippen LogP contribution >= 0.6 is 0 Å². The van der Waals surface area contributed by atoms with Crippen LogP contribution < -0.4 is 5.73 Å². The van der Waals surface area contributed by atoms with E-state index in [2.05, 4.69) is 28.8 Å². The van der Waals surface area contributed by atoms with Gasteiger partial charge in [-0.25, -0.2) is 9.97 Å². The van der Waals surface area contributed by atoms with Gasteiger partial charge in [0.05, 0.1) is 0 Å². The van der Waals surface area contributed by atoms with Crippen molar-refractivity contribution in [2.24, 2.45) is 11.7 Å². The molecule has 1 aliphatic heterocycles. The number of fused-ring (bicyclic) bond motifs is 1. The standard InChI is InChI=1S/C12H20N4/c1-9(6-13)5-12-10-7-16(2)4-3-11(10)14-8-15-12/h8-9H,3-7,13H2,1-2H3. The highest BCUT2D eigenvalue weighted by atomic mass is 15.1.